The molecule has 2 heterocycles. The van der Waals surface area contributed by atoms with Gasteiger partial charge >= 0.3 is 6.03 Å². The number of rotatable bonds is 7. The highest BCUT2D eigenvalue weighted by molar-refractivity contribution is 6.31. The molecule has 0 aliphatic carbocycles. The number of halogens is 1. The molecule has 1 aliphatic heterocycles. The molecule has 0 saturated carbocycles. The van der Waals surface area contributed by atoms with Crippen LogP contribution >= 0.6 is 11.6 Å². The molecule has 0 saturated heterocycles. The van der Waals surface area contributed by atoms with Crippen LogP contribution in [0.25, 0.3) is 5.57 Å². The van der Waals surface area contributed by atoms with Crippen LogP contribution in [0.15, 0.2) is 36.8 Å². The molecule has 0 spiro atoms. The van der Waals surface area contributed by atoms with Crippen LogP contribution in [0.1, 0.15) is 71.6 Å². The standard InChI is InChI=1S/C27H39ClN4O2/c1-25(2,3)12-11-19-9-10-21(15-23(19)28)27(7)22(18-31(13-14-34-8)24(33)30-27)20-16-29-32(17-20)26(4,5)6/h9-10,15-18H,11-14H2,1-8H3,(H,30,33)/t27-/m0/s1. The molecule has 2 amide bonds. The molecule has 1 aliphatic rings. The van der Waals surface area contributed by atoms with E-state index in [0.29, 0.717) is 13.2 Å². The minimum Gasteiger partial charge on any atom is -0.383 e. The highest BCUT2D eigenvalue weighted by atomic mass is 35.5. The summed E-state index contributed by atoms with van der Waals surface area (Å²) in [7, 11) is 1.63. The van der Waals surface area contributed by atoms with E-state index in [9.17, 15) is 4.79 Å². The van der Waals surface area contributed by atoms with E-state index in [4.69, 9.17) is 16.3 Å². The number of nitrogens with zero attached hydrogens (tertiary/aromatic N) is 3. The second-order valence-electron chi connectivity index (χ2n) is 11.5. The smallest absolute Gasteiger partial charge is 0.322 e. The van der Waals surface area contributed by atoms with E-state index in [1.165, 1.54) is 0 Å². The molecule has 1 aromatic heterocycles. The van der Waals surface area contributed by atoms with Crippen LogP contribution in [-0.2, 0) is 22.2 Å². The van der Waals surface area contributed by atoms with Gasteiger partial charge in [0.15, 0.2) is 0 Å². The Labute approximate surface area is 209 Å². The third-order valence-electron chi connectivity index (χ3n) is 6.33. The number of aromatic nitrogens is 2. The third-order valence-corrected chi connectivity index (χ3v) is 6.69. The van der Waals surface area contributed by atoms with Gasteiger partial charge in [0.1, 0.15) is 0 Å². The molecule has 1 atom stereocenters. The van der Waals surface area contributed by atoms with Crippen molar-refractivity contribution in [2.24, 2.45) is 5.41 Å². The predicted molar refractivity (Wildman–Crippen MR) is 139 cm³/mol. The maximum absolute atomic E-state index is 13.1. The van der Waals surface area contributed by atoms with Gasteiger partial charge in [0.05, 0.1) is 30.4 Å². The highest BCUT2D eigenvalue weighted by Crippen LogP contribution is 2.40. The van der Waals surface area contributed by atoms with Crippen LogP contribution in [0.5, 0.6) is 0 Å². The van der Waals surface area contributed by atoms with Gasteiger partial charge in [-0.25, -0.2) is 4.79 Å². The quantitative estimate of drug-likeness (QED) is 0.507. The maximum Gasteiger partial charge on any atom is 0.322 e. The average Bonchev–Trinajstić information content (AvgIpc) is 3.22. The van der Waals surface area contributed by atoms with E-state index < -0.39 is 5.54 Å². The second kappa shape index (κ2) is 9.74. The lowest BCUT2D eigenvalue weighted by atomic mass is 9.80. The first-order valence-electron chi connectivity index (χ1n) is 11.9. The Morgan fingerprint density at radius 3 is 2.44 bits per heavy atom. The number of carbonyl (C=O) groups is 1. The summed E-state index contributed by atoms with van der Waals surface area (Å²) in [6.07, 6.45) is 7.78. The van der Waals surface area contributed by atoms with E-state index in [2.05, 4.69) is 64.1 Å². The van der Waals surface area contributed by atoms with Crippen LogP contribution in [0.3, 0.4) is 0 Å². The number of urea groups is 1. The molecule has 3 rings (SSSR count). The predicted octanol–water partition coefficient (Wildman–Crippen LogP) is 6.20. The Morgan fingerprint density at radius 2 is 1.88 bits per heavy atom. The fourth-order valence-corrected chi connectivity index (χ4v) is 4.32. The number of amides is 2. The number of ether oxygens (including phenoxy) is 1. The molecule has 1 N–H and O–H groups in total. The Bertz CT molecular complexity index is 1060. The average molecular weight is 487 g/mol. The SMILES string of the molecule is COCCN1C=C(c2cnn(C(C)(C)C)c2)[C@](C)(c2ccc(CCC(C)(C)C)c(Cl)c2)NC1=O. The Kier molecular flexibility index (Phi) is 7.54. The van der Waals surface area contributed by atoms with Gasteiger partial charge in [0.25, 0.3) is 0 Å². The Morgan fingerprint density at radius 1 is 1.18 bits per heavy atom. The zero-order valence-corrected chi connectivity index (χ0v) is 22.6. The zero-order chi connectivity index (χ0) is 25.3. The van der Waals surface area contributed by atoms with Gasteiger partial charge in [-0.3, -0.25) is 9.58 Å². The van der Waals surface area contributed by atoms with Crippen molar-refractivity contribution in [3.63, 3.8) is 0 Å². The summed E-state index contributed by atoms with van der Waals surface area (Å²) in [4.78, 5) is 14.7. The first-order chi connectivity index (χ1) is 15.7. The van der Waals surface area contributed by atoms with Gasteiger partial charge in [-0.2, -0.15) is 5.10 Å². The minimum atomic E-state index is -0.765. The molecule has 0 radical (unpaired) electrons. The van der Waals surface area contributed by atoms with Gasteiger partial charge in [-0.15, -0.1) is 0 Å². The van der Waals surface area contributed by atoms with Crippen LogP contribution < -0.4 is 5.32 Å². The van der Waals surface area contributed by atoms with Crippen molar-refractivity contribution in [1.82, 2.24) is 20.0 Å². The molecule has 186 valence electrons. The molecule has 6 nitrogen and oxygen atoms in total. The molecule has 0 bridgehead atoms. The summed E-state index contributed by atoms with van der Waals surface area (Å²) < 4.78 is 7.16. The van der Waals surface area contributed by atoms with Crippen molar-refractivity contribution in [2.45, 2.75) is 72.4 Å². The van der Waals surface area contributed by atoms with Crippen LogP contribution in [-0.4, -0.2) is 41.0 Å². The zero-order valence-electron chi connectivity index (χ0n) is 21.8. The third kappa shape index (κ3) is 5.84. The van der Waals surface area contributed by atoms with E-state index >= 15 is 0 Å². The van der Waals surface area contributed by atoms with Gasteiger partial charge in [0.2, 0.25) is 0 Å². The summed E-state index contributed by atoms with van der Waals surface area (Å²) in [6, 6.07) is 6.00. The molecule has 2 aromatic rings. The van der Waals surface area contributed by atoms with Gasteiger partial charge < -0.3 is 10.1 Å². The van der Waals surface area contributed by atoms with Crippen molar-refractivity contribution in [3.8, 4) is 0 Å². The Balaban J connectivity index is 2.05. The number of aryl methyl sites for hydroxylation is 1. The number of benzene rings is 1. The molecular weight excluding hydrogens is 448 g/mol. The van der Waals surface area contributed by atoms with E-state index in [1.54, 1.807) is 12.0 Å². The summed E-state index contributed by atoms with van der Waals surface area (Å²) in [6.45, 7) is 16.0. The molecule has 1 aromatic carbocycles. The van der Waals surface area contributed by atoms with E-state index in [-0.39, 0.29) is 17.0 Å². The second-order valence-corrected chi connectivity index (χ2v) is 11.9. The summed E-state index contributed by atoms with van der Waals surface area (Å²) >= 11 is 6.76. The summed E-state index contributed by atoms with van der Waals surface area (Å²) in [5.74, 6) is 0. The van der Waals surface area contributed by atoms with E-state index in [0.717, 1.165) is 40.1 Å². The summed E-state index contributed by atoms with van der Waals surface area (Å²) in [5, 5.41) is 8.56. The molecule has 7 heteroatoms. The van der Waals surface area contributed by atoms with Crippen molar-refractivity contribution in [3.05, 3.63) is 58.5 Å². The normalized spacial score (nSPS) is 19.3. The lowest BCUT2D eigenvalue weighted by molar-refractivity contribution is 0.160. The minimum absolute atomic E-state index is 0.152. The van der Waals surface area contributed by atoms with Crippen molar-refractivity contribution < 1.29 is 9.53 Å². The van der Waals surface area contributed by atoms with Gasteiger partial charge in [0, 0.05) is 35.7 Å². The fraction of sp³-hybridized carbons (Fsp3) is 0.556. The number of methoxy groups -OCH3 is 1. The topological polar surface area (TPSA) is 59.4 Å². The molecule has 34 heavy (non-hydrogen) atoms. The molecular formula is C27H39ClN4O2. The number of carbonyl (C=O) groups excluding carboxylic acids is 1. The van der Waals surface area contributed by atoms with Crippen LogP contribution in [0, 0.1) is 5.41 Å². The van der Waals surface area contributed by atoms with Crippen molar-refractivity contribution in [2.75, 3.05) is 20.3 Å². The Hall–Kier alpha value is -2.31. The van der Waals surface area contributed by atoms with Gasteiger partial charge in [-0.05, 0) is 63.1 Å². The van der Waals surface area contributed by atoms with Crippen LogP contribution in [0.4, 0.5) is 4.79 Å². The number of hydrogen-bond donors (Lipinski definition) is 1. The number of nitrogens with one attached hydrogen (secondary N) is 1. The fourth-order valence-electron chi connectivity index (χ4n) is 4.04. The maximum atomic E-state index is 13.1. The lowest BCUT2D eigenvalue weighted by Crippen LogP contribution is -2.53. The highest BCUT2D eigenvalue weighted by Gasteiger charge is 2.40. The molecule has 0 unspecified atom stereocenters. The van der Waals surface area contributed by atoms with Crippen molar-refractivity contribution in [1.29, 1.82) is 0 Å². The number of hydrogen-bond acceptors (Lipinski definition) is 3. The van der Waals surface area contributed by atoms with E-state index in [1.807, 2.05) is 36.3 Å². The lowest BCUT2D eigenvalue weighted by Gasteiger charge is -2.40. The largest absolute Gasteiger partial charge is 0.383 e. The molecule has 0 fully saturated rings. The van der Waals surface area contributed by atoms with Crippen LogP contribution in [0.2, 0.25) is 5.02 Å². The first kappa shape index (κ1) is 26.3. The van der Waals surface area contributed by atoms with Gasteiger partial charge in [-0.1, -0.05) is 44.5 Å². The van der Waals surface area contributed by atoms with Crippen molar-refractivity contribution >= 4 is 23.2 Å². The monoisotopic (exact) mass is 486 g/mol. The summed E-state index contributed by atoms with van der Waals surface area (Å²) in [5.41, 5.74) is 3.29. The first-order valence-corrected chi connectivity index (χ1v) is 12.3.